The fourth-order valence-electron chi connectivity index (χ4n) is 4.25. The number of rotatable bonds is 8. The zero-order valence-electron chi connectivity index (χ0n) is 24.4. The van der Waals surface area contributed by atoms with Crippen LogP contribution in [0.5, 0.6) is 0 Å². The first-order valence-corrected chi connectivity index (χ1v) is 14.4. The van der Waals surface area contributed by atoms with Crippen LogP contribution in [0.3, 0.4) is 0 Å². The van der Waals surface area contributed by atoms with E-state index in [2.05, 4.69) is 23.0 Å². The summed E-state index contributed by atoms with van der Waals surface area (Å²) >= 11 is 0. The van der Waals surface area contributed by atoms with E-state index in [1.165, 1.54) is 70.6 Å². The first-order chi connectivity index (χ1) is 18.6. The molecule has 1 aromatic rings. The molecular weight excluding hydrogens is 498 g/mol. The number of ether oxygens (including phenoxy) is 2. The lowest BCUT2D eigenvalue weighted by atomic mass is 9.96. The number of carboxylic acid groups (broad SMARTS) is 1. The molecule has 1 aromatic carbocycles. The second-order valence-electron chi connectivity index (χ2n) is 11.1. The van der Waals surface area contributed by atoms with E-state index in [1.807, 2.05) is 6.07 Å². The maximum Gasteiger partial charge on any atom is 0.408 e. The molecule has 222 valence electrons. The van der Waals surface area contributed by atoms with Crippen molar-refractivity contribution in [2.75, 3.05) is 13.6 Å². The summed E-state index contributed by atoms with van der Waals surface area (Å²) in [6.07, 6.45) is 14.6. The second kappa shape index (κ2) is 20.1. The Morgan fingerprint density at radius 3 is 1.90 bits per heavy atom. The van der Waals surface area contributed by atoms with Gasteiger partial charge in [-0.25, -0.2) is 14.4 Å². The Morgan fingerprint density at radius 1 is 0.897 bits per heavy atom. The Morgan fingerprint density at radius 2 is 1.44 bits per heavy atom. The van der Waals surface area contributed by atoms with Gasteiger partial charge in [-0.3, -0.25) is 0 Å². The van der Waals surface area contributed by atoms with Crippen LogP contribution in [-0.4, -0.2) is 54.5 Å². The van der Waals surface area contributed by atoms with E-state index >= 15 is 0 Å². The standard InChI is InChI=1S/C17H24N2O6.C7H15N.C6H12/c1-17(2,3)25-15(22)18-10-9-13(14(20)21)19-16(23)24-11-12-7-5-4-6-8-12;1-8-7-5-3-2-4-6-7;1-2-4-6-5-3-1/h4-8,13H,9-11H2,1-3H3,(H,18,22)(H,19,23)(H,20,21);7-8H,2-6H2,1H3;1-6H2/t13-;;/m0../s1. The van der Waals surface area contributed by atoms with Crippen LogP contribution in [0, 0.1) is 0 Å². The Bertz CT molecular complexity index is 791. The molecule has 39 heavy (non-hydrogen) atoms. The molecule has 0 aliphatic heterocycles. The molecule has 2 fully saturated rings. The lowest BCUT2D eigenvalue weighted by Crippen LogP contribution is -2.43. The highest BCUT2D eigenvalue weighted by atomic mass is 16.6. The summed E-state index contributed by atoms with van der Waals surface area (Å²) in [6.45, 7) is 5.23. The van der Waals surface area contributed by atoms with Gasteiger partial charge in [-0.15, -0.1) is 0 Å². The highest BCUT2D eigenvalue weighted by Gasteiger charge is 2.22. The Labute approximate surface area is 234 Å². The Kier molecular flexibility index (Phi) is 17.7. The second-order valence-corrected chi connectivity index (χ2v) is 11.1. The summed E-state index contributed by atoms with van der Waals surface area (Å²) in [6, 6.07) is 8.67. The normalized spacial score (nSPS) is 16.2. The smallest absolute Gasteiger partial charge is 0.408 e. The number of aliphatic carboxylic acids is 1. The zero-order chi connectivity index (χ0) is 28.9. The predicted molar refractivity (Wildman–Crippen MR) is 154 cm³/mol. The summed E-state index contributed by atoms with van der Waals surface area (Å²) in [5.41, 5.74) is 0.145. The van der Waals surface area contributed by atoms with Crippen LogP contribution in [0.2, 0.25) is 0 Å². The minimum Gasteiger partial charge on any atom is -0.480 e. The molecule has 2 aliphatic rings. The highest BCUT2D eigenvalue weighted by Crippen LogP contribution is 2.16. The van der Waals surface area contributed by atoms with E-state index in [4.69, 9.17) is 14.6 Å². The molecule has 9 heteroatoms. The molecule has 0 aromatic heterocycles. The van der Waals surface area contributed by atoms with Gasteiger partial charge in [0.1, 0.15) is 18.2 Å². The van der Waals surface area contributed by atoms with E-state index in [9.17, 15) is 14.4 Å². The molecule has 9 nitrogen and oxygen atoms in total. The molecule has 0 heterocycles. The minimum atomic E-state index is -1.22. The Balaban J connectivity index is 0.000000434. The lowest BCUT2D eigenvalue weighted by Gasteiger charge is -2.20. The number of hydrogen-bond acceptors (Lipinski definition) is 6. The van der Waals surface area contributed by atoms with Crippen molar-refractivity contribution in [3.05, 3.63) is 35.9 Å². The van der Waals surface area contributed by atoms with Gasteiger partial charge in [-0.2, -0.15) is 0 Å². The number of amides is 2. The largest absolute Gasteiger partial charge is 0.480 e. The first-order valence-electron chi connectivity index (χ1n) is 14.4. The maximum atomic E-state index is 11.7. The SMILES string of the molecule is C1CCCCC1.CC(C)(C)OC(=O)NCC[C@H](NC(=O)OCc1ccccc1)C(=O)O.CNC1CCCCC1. The molecule has 0 saturated heterocycles. The van der Waals surface area contributed by atoms with Crippen LogP contribution < -0.4 is 16.0 Å². The number of hydrogen-bond donors (Lipinski definition) is 4. The number of benzene rings is 1. The van der Waals surface area contributed by atoms with Crippen molar-refractivity contribution < 1.29 is 29.0 Å². The number of alkyl carbamates (subject to hydrolysis) is 2. The number of nitrogens with one attached hydrogen (secondary N) is 3. The van der Waals surface area contributed by atoms with E-state index in [-0.39, 0.29) is 19.6 Å². The van der Waals surface area contributed by atoms with Gasteiger partial charge < -0.3 is 30.5 Å². The Hall–Kier alpha value is -2.81. The average molecular weight is 550 g/mol. The van der Waals surface area contributed by atoms with Crippen molar-refractivity contribution in [3.63, 3.8) is 0 Å². The van der Waals surface area contributed by atoms with Gasteiger partial charge in [0, 0.05) is 12.6 Å². The summed E-state index contributed by atoms with van der Waals surface area (Å²) < 4.78 is 10.0. The molecule has 0 spiro atoms. The highest BCUT2D eigenvalue weighted by molar-refractivity contribution is 5.80. The minimum absolute atomic E-state index is 0.00495. The summed E-state index contributed by atoms with van der Waals surface area (Å²) in [4.78, 5) is 34.4. The summed E-state index contributed by atoms with van der Waals surface area (Å²) in [5.74, 6) is -1.22. The molecule has 0 radical (unpaired) electrons. The summed E-state index contributed by atoms with van der Waals surface area (Å²) in [5, 5.41) is 17.1. The van der Waals surface area contributed by atoms with Crippen LogP contribution in [-0.2, 0) is 20.9 Å². The van der Waals surface area contributed by atoms with Crippen molar-refractivity contribution in [1.82, 2.24) is 16.0 Å². The van der Waals surface area contributed by atoms with Crippen LogP contribution in [0.1, 0.15) is 103 Å². The number of carboxylic acids is 1. The van der Waals surface area contributed by atoms with Crippen molar-refractivity contribution in [1.29, 1.82) is 0 Å². The maximum absolute atomic E-state index is 11.7. The number of carbonyl (C=O) groups is 3. The molecule has 4 N–H and O–H groups in total. The van der Waals surface area contributed by atoms with Crippen LogP contribution in [0.15, 0.2) is 30.3 Å². The number of carbonyl (C=O) groups excluding carboxylic acids is 2. The van der Waals surface area contributed by atoms with E-state index in [0.29, 0.717) is 0 Å². The fourth-order valence-corrected chi connectivity index (χ4v) is 4.25. The van der Waals surface area contributed by atoms with E-state index in [1.54, 1.807) is 45.0 Å². The van der Waals surface area contributed by atoms with Gasteiger partial charge in [0.05, 0.1) is 0 Å². The molecule has 2 saturated carbocycles. The molecule has 2 amide bonds. The zero-order valence-corrected chi connectivity index (χ0v) is 24.4. The van der Waals surface area contributed by atoms with Crippen molar-refractivity contribution >= 4 is 18.2 Å². The quantitative estimate of drug-likeness (QED) is 0.306. The van der Waals surface area contributed by atoms with Crippen LogP contribution in [0.25, 0.3) is 0 Å². The fraction of sp³-hybridized carbons (Fsp3) is 0.700. The lowest BCUT2D eigenvalue weighted by molar-refractivity contribution is -0.139. The third-order valence-electron chi connectivity index (χ3n) is 6.42. The predicted octanol–water partition coefficient (Wildman–Crippen LogP) is 6.16. The average Bonchev–Trinajstić information content (AvgIpc) is 2.93. The first kappa shape index (κ1) is 34.2. The van der Waals surface area contributed by atoms with Gasteiger partial charge >= 0.3 is 18.2 Å². The van der Waals surface area contributed by atoms with Crippen LogP contribution in [0.4, 0.5) is 9.59 Å². The van der Waals surface area contributed by atoms with Gasteiger partial charge in [0.25, 0.3) is 0 Å². The third-order valence-corrected chi connectivity index (χ3v) is 6.42. The molecule has 0 unspecified atom stereocenters. The van der Waals surface area contributed by atoms with Gasteiger partial charge in [0.15, 0.2) is 0 Å². The third kappa shape index (κ3) is 19.0. The van der Waals surface area contributed by atoms with Gasteiger partial charge in [-0.05, 0) is 52.6 Å². The summed E-state index contributed by atoms with van der Waals surface area (Å²) in [7, 11) is 2.07. The van der Waals surface area contributed by atoms with Crippen molar-refractivity contribution in [2.24, 2.45) is 0 Å². The molecule has 3 rings (SSSR count). The van der Waals surface area contributed by atoms with Crippen LogP contribution >= 0.6 is 0 Å². The van der Waals surface area contributed by atoms with Gasteiger partial charge in [0.2, 0.25) is 0 Å². The topological polar surface area (TPSA) is 126 Å². The van der Waals surface area contributed by atoms with E-state index in [0.717, 1.165) is 11.6 Å². The van der Waals surface area contributed by atoms with Gasteiger partial charge in [-0.1, -0.05) is 88.1 Å². The van der Waals surface area contributed by atoms with E-state index < -0.39 is 29.8 Å². The molecular formula is C30H51N3O6. The molecule has 2 aliphatic carbocycles. The molecule has 1 atom stereocenters. The monoisotopic (exact) mass is 549 g/mol. The van der Waals surface area contributed by atoms with Crippen molar-refractivity contribution in [3.8, 4) is 0 Å². The molecule has 0 bridgehead atoms. The van der Waals surface area contributed by atoms with Crippen molar-refractivity contribution in [2.45, 2.75) is 122 Å².